The van der Waals surface area contributed by atoms with Gasteiger partial charge < -0.3 is 10.2 Å². The predicted octanol–water partition coefficient (Wildman–Crippen LogP) is 5.38. The van der Waals surface area contributed by atoms with E-state index in [9.17, 15) is 31.2 Å². The molecule has 0 spiro atoms. The van der Waals surface area contributed by atoms with E-state index in [0.717, 1.165) is 50.5 Å². The smallest absolute Gasteiger partial charge is 0.352 e. The number of rotatable bonds is 10. The lowest BCUT2D eigenvalue weighted by Gasteiger charge is -2.34. The topological polar surface area (TPSA) is 86.8 Å². The summed E-state index contributed by atoms with van der Waals surface area (Å²) >= 11 is 5.71. The van der Waals surface area contributed by atoms with E-state index in [1.54, 1.807) is 37.3 Å². The minimum Gasteiger partial charge on any atom is -0.352 e. The maximum Gasteiger partial charge on any atom is 0.417 e. The molecule has 2 aromatic rings. The van der Waals surface area contributed by atoms with Crippen LogP contribution in [-0.2, 0) is 32.3 Å². The molecule has 0 saturated heterocycles. The van der Waals surface area contributed by atoms with Crippen LogP contribution in [0.1, 0.15) is 56.6 Å². The minimum absolute atomic E-state index is 0.00338. The van der Waals surface area contributed by atoms with Crippen molar-refractivity contribution >= 4 is 39.1 Å². The van der Waals surface area contributed by atoms with Gasteiger partial charge in [-0.1, -0.05) is 68.1 Å². The van der Waals surface area contributed by atoms with E-state index < -0.39 is 45.3 Å². The van der Waals surface area contributed by atoms with E-state index in [2.05, 4.69) is 5.32 Å². The molecule has 1 aliphatic rings. The van der Waals surface area contributed by atoms with Crippen molar-refractivity contribution in [1.82, 2.24) is 10.2 Å². The van der Waals surface area contributed by atoms with Crippen molar-refractivity contribution in [2.24, 2.45) is 0 Å². The molecule has 2 amide bonds. The molecule has 1 aliphatic carbocycles. The summed E-state index contributed by atoms with van der Waals surface area (Å²) < 4.78 is 66.4. The number of carbonyl (C=O) groups excluding carboxylic acids is 2. The Hall–Kier alpha value is -2.79. The Balaban J connectivity index is 1.95. The van der Waals surface area contributed by atoms with Crippen molar-refractivity contribution in [2.75, 3.05) is 17.1 Å². The summed E-state index contributed by atoms with van der Waals surface area (Å²) in [6.07, 6.45) is 1.02. The summed E-state index contributed by atoms with van der Waals surface area (Å²) in [6, 6.07) is 10.6. The van der Waals surface area contributed by atoms with Gasteiger partial charge in [0.1, 0.15) is 12.6 Å². The Morgan fingerprint density at radius 3 is 2.28 bits per heavy atom. The number of hydrogen-bond acceptors (Lipinski definition) is 4. The van der Waals surface area contributed by atoms with Gasteiger partial charge in [0.25, 0.3) is 0 Å². The van der Waals surface area contributed by atoms with Crippen LogP contribution >= 0.6 is 11.6 Å². The number of benzene rings is 2. The van der Waals surface area contributed by atoms with Gasteiger partial charge in [-0.15, -0.1) is 0 Å². The average Bonchev–Trinajstić information content (AvgIpc) is 2.87. The normalized spacial score (nSPS) is 15.4. The number of hydrogen-bond donors (Lipinski definition) is 1. The molecule has 1 atom stereocenters. The fraction of sp³-hybridized carbons (Fsp3) is 0.481. The van der Waals surface area contributed by atoms with E-state index in [-0.39, 0.29) is 30.6 Å². The van der Waals surface area contributed by atoms with Gasteiger partial charge in [-0.3, -0.25) is 13.9 Å². The lowest BCUT2D eigenvalue weighted by Crippen LogP contribution is -2.53. The van der Waals surface area contributed by atoms with E-state index in [4.69, 9.17) is 11.6 Å². The van der Waals surface area contributed by atoms with Crippen LogP contribution in [0.2, 0.25) is 5.02 Å². The molecule has 214 valence electrons. The fourth-order valence-corrected chi connectivity index (χ4v) is 5.81. The zero-order chi connectivity index (χ0) is 28.8. The lowest BCUT2D eigenvalue weighted by molar-refractivity contribution is -0.140. The molecule has 12 heteroatoms. The van der Waals surface area contributed by atoms with E-state index in [1.807, 2.05) is 0 Å². The number of halogens is 4. The van der Waals surface area contributed by atoms with Crippen LogP contribution in [0.25, 0.3) is 0 Å². The minimum atomic E-state index is -4.83. The number of sulfonamides is 1. The summed E-state index contributed by atoms with van der Waals surface area (Å²) in [7, 11) is -4.20. The Kier molecular flexibility index (Phi) is 10.3. The Bertz CT molecular complexity index is 1250. The summed E-state index contributed by atoms with van der Waals surface area (Å²) in [5.41, 5.74) is -0.865. The first-order valence-electron chi connectivity index (χ1n) is 12.8. The Morgan fingerprint density at radius 1 is 1.08 bits per heavy atom. The fourth-order valence-electron chi connectivity index (χ4n) is 4.74. The van der Waals surface area contributed by atoms with Crippen molar-refractivity contribution in [3.8, 4) is 0 Å². The highest BCUT2D eigenvalue weighted by Crippen LogP contribution is 2.37. The van der Waals surface area contributed by atoms with Crippen LogP contribution in [0.3, 0.4) is 0 Å². The standard InChI is InChI=1S/C27H33ClF3N3O4S/c1-3-24(26(36)32-20-12-8-5-9-13-20)33(17-19-10-6-4-7-11-19)25(35)18-34(39(2,37)38)21-14-15-23(28)22(16-21)27(29,30)31/h4,6-7,10-11,14-16,20,24H,3,5,8-9,12-13,17-18H2,1-2H3,(H,32,36)/t24-/m1/s1. The van der Waals surface area contributed by atoms with Gasteiger partial charge in [-0.25, -0.2) is 8.42 Å². The molecule has 7 nitrogen and oxygen atoms in total. The molecule has 0 aromatic heterocycles. The first kappa shape index (κ1) is 30.7. The first-order valence-corrected chi connectivity index (χ1v) is 15.0. The van der Waals surface area contributed by atoms with Crippen LogP contribution in [0.5, 0.6) is 0 Å². The second-order valence-corrected chi connectivity index (χ2v) is 12.0. The third-order valence-corrected chi connectivity index (χ3v) is 8.23. The maximum absolute atomic E-state index is 13.7. The van der Waals surface area contributed by atoms with Gasteiger partial charge in [0.2, 0.25) is 21.8 Å². The first-order chi connectivity index (χ1) is 18.3. The molecular weight excluding hydrogens is 555 g/mol. The third kappa shape index (κ3) is 8.35. The van der Waals surface area contributed by atoms with E-state index >= 15 is 0 Å². The zero-order valence-corrected chi connectivity index (χ0v) is 23.5. The number of anilines is 1. The van der Waals surface area contributed by atoms with Gasteiger partial charge in [0, 0.05) is 12.6 Å². The highest BCUT2D eigenvalue weighted by Gasteiger charge is 2.36. The molecule has 1 fully saturated rings. The van der Waals surface area contributed by atoms with Crippen molar-refractivity contribution < 1.29 is 31.2 Å². The molecule has 2 aromatic carbocycles. The van der Waals surface area contributed by atoms with Gasteiger partial charge in [-0.2, -0.15) is 13.2 Å². The van der Waals surface area contributed by atoms with Crippen molar-refractivity contribution in [1.29, 1.82) is 0 Å². The molecule has 0 radical (unpaired) electrons. The number of nitrogens with zero attached hydrogens (tertiary/aromatic N) is 2. The van der Waals surface area contributed by atoms with Crippen LogP contribution in [-0.4, -0.2) is 50.0 Å². The highest BCUT2D eigenvalue weighted by atomic mass is 35.5. The lowest BCUT2D eigenvalue weighted by atomic mass is 9.95. The highest BCUT2D eigenvalue weighted by molar-refractivity contribution is 7.92. The molecule has 39 heavy (non-hydrogen) atoms. The molecule has 1 N–H and O–H groups in total. The van der Waals surface area contributed by atoms with Crippen LogP contribution in [0.4, 0.5) is 18.9 Å². The quantitative estimate of drug-likeness (QED) is 0.404. The third-order valence-electron chi connectivity index (χ3n) is 6.76. The Labute approximate surface area is 232 Å². The Morgan fingerprint density at radius 2 is 1.72 bits per heavy atom. The van der Waals surface area contributed by atoms with Crippen LogP contribution in [0.15, 0.2) is 48.5 Å². The van der Waals surface area contributed by atoms with Crippen LogP contribution < -0.4 is 9.62 Å². The zero-order valence-electron chi connectivity index (χ0n) is 21.9. The SMILES string of the molecule is CC[C@H](C(=O)NC1CCCCC1)N(Cc1ccccc1)C(=O)CN(c1ccc(Cl)c(C(F)(F)F)c1)S(C)(=O)=O. The second kappa shape index (κ2) is 13.0. The number of amides is 2. The average molecular weight is 588 g/mol. The summed E-state index contributed by atoms with van der Waals surface area (Å²) in [5.74, 6) is -1.07. The van der Waals surface area contributed by atoms with Gasteiger partial charge in [0.15, 0.2) is 0 Å². The number of carbonyl (C=O) groups is 2. The molecule has 0 bridgehead atoms. The molecule has 1 saturated carbocycles. The van der Waals surface area contributed by atoms with E-state index in [0.29, 0.717) is 15.9 Å². The van der Waals surface area contributed by atoms with Gasteiger partial charge in [0.05, 0.1) is 22.5 Å². The second-order valence-electron chi connectivity index (χ2n) is 9.71. The van der Waals surface area contributed by atoms with Gasteiger partial charge >= 0.3 is 6.18 Å². The monoisotopic (exact) mass is 587 g/mol. The number of nitrogens with one attached hydrogen (secondary N) is 1. The molecular formula is C27H33ClF3N3O4S. The molecule has 0 unspecified atom stereocenters. The van der Waals surface area contributed by atoms with Crippen molar-refractivity contribution in [2.45, 2.75) is 70.3 Å². The maximum atomic E-state index is 13.7. The summed E-state index contributed by atoms with van der Waals surface area (Å²) in [6.45, 7) is 0.972. The number of alkyl halides is 3. The summed E-state index contributed by atoms with van der Waals surface area (Å²) in [4.78, 5) is 28.4. The van der Waals surface area contributed by atoms with Gasteiger partial charge in [-0.05, 0) is 43.0 Å². The predicted molar refractivity (Wildman–Crippen MR) is 145 cm³/mol. The van der Waals surface area contributed by atoms with Crippen molar-refractivity contribution in [3.63, 3.8) is 0 Å². The van der Waals surface area contributed by atoms with Crippen molar-refractivity contribution in [3.05, 3.63) is 64.7 Å². The summed E-state index contributed by atoms with van der Waals surface area (Å²) in [5, 5.41) is 2.44. The molecule has 0 aliphatic heterocycles. The van der Waals surface area contributed by atoms with Crippen LogP contribution in [0, 0.1) is 0 Å². The molecule has 3 rings (SSSR count). The van der Waals surface area contributed by atoms with E-state index in [1.165, 1.54) is 4.90 Å². The molecule has 0 heterocycles. The largest absolute Gasteiger partial charge is 0.417 e.